The Morgan fingerprint density at radius 3 is 1.88 bits per heavy atom. The molecule has 0 spiro atoms. The van der Waals surface area contributed by atoms with E-state index in [0.717, 1.165) is 33.4 Å². The Morgan fingerprint density at radius 2 is 1.18 bits per heavy atom. The lowest BCUT2D eigenvalue weighted by Gasteiger charge is -2.42. The monoisotopic (exact) mass is 670 g/mol. The summed E-state index contributed by atoms with van der Waals surface area (Å²) in [5.74, 6) is 4.61. The van der Waals surface area contributed by atoms with E-state index in [4.69, 9.17) is 47.4 Å². The Labute approximate surface area is 284 Å². The van der Waals surface area contributed by atoms with Crippen LogP contribution in [-0.4, -0.2) is 78.5 Å². The molecule has 4 atom stereocenters. The molecule has 1 saturated heterocycles. The molecule has 1 aliphatic carbocycles. The fourth-order valence-electron chi connectivity index (χ4n) is 7.88. The van der Waals surface area contributed by atoms with Crippen LogP contribution < -0.4 is 37.9 Å². The predicted octanol–water partition coefficient (Wildman–Crippen LogP) is 5.08. The Kier molecular flexibility index (Phi) is 7.29. The highest BCUT2D eigenvalue weighted by Crippen LogP contribution is 2.64. The summed E-state index contributed by atoms with van der Waals surface area (Å²) >= 11 is 0. The molecule has 4 unspecified atom stereocenters. The number of hydrogen-bond acceptors (Lipinski definition) is 11. The number of fused-ring (bicyclic) bond motifs is 5. The second-order valence-electron chi connectivity index (χ2n) is 12.7. The zero-order valence-corrected chi connectivity index (χ0v) is 28.2. The molecule has 0 aromatic heterocycles. The highest BCUT2D eigenvalue weighted by atomic mass is 16.8. The van der Waals surface area contributed by atoms with E-state index in [1.54, 1.807) is 48.7 Å². The fraction of sp³-hybridized carbons (Fsp3) is 0.368. The summed E-state index contributed by atoms with van der Waals surface area (Å²) in [6, 6.07) is 18.9. The van der Waals surface area contributed by atoms with Crippen molar-refractivity contribution in [1.29, 1.82) is 0 Å². The Bertz CT molecular complexity index is 1960. The minimum absolute atomic E-state index is 0.111. The average molecular weight is 671 g/mol. The van der Waals surface area contributed by atoms with E-state index in [9.17, 15) is 5.11 Å². The lowest BCUT2D eigenvalue weighted by Crippen LogP contribution is -2.54. The summed E-state index contributed by atoms with van der Waals surface area (Å²) in [7, 11) is 9.59. The average Bonchev–Trinajstić information content (AvgIpc) is 3.62. The van der Waals surface area contributed by atoms with Crippen molar-refractivity contribution in [2.75, 3.05) is 55.9 Å². The van der Waals surface area contributed by atoms with Gasteiger partial charge in [0.1, 0.15) is 41.8 Å². The summed E-state index contributed by atoms with van der Waals surface area (Å²) in [5, 5.41) is 12.8. The maximum atomic E-state index is 12.8. The molecule has 0 radical (unpaired) electrons. The second-order valence-corrected chi connectivity index (χ2v) is 12.7. The summed E-state index contributed by atoms with van der Waals surface area (Å²) in [4.78, 5) is 0. The normalized spacial score (nSPS) is 25.7. The van der Waals surface area contributed by atoms with Gasteiger partial charge in [0.25, 0.3) is 0 Å². The van der Waals surface area contributed by atoms with Gasteiger partial charge in [-0.15, -0.1) is 0 Å². The molecule has 4 aromatic carbocycles. The molecule has 1 fully saturated rings. The fourth-order valence-corrected chi connectivity index (χ4v) is 7.88. The number of hydrogen-bond donors (Lipinski definition) is 1. The maximum absolute atomic E-state index is 12.8. The molecule has 49 heavy (non-hydrogen) atoms. The molecule has 4 aromatic rings. The molecule has 3 heterocycles. The van der Waals surface area contributed by atoms with E-state index in [1.807, 2.05) is 54.6 Å². The third kappa shape index (κ3) is 4.45. The maximum Gasteiger partial charge on any atom is 0.192 e. The number of methoxy groups -OCH3 is 6. The van der Waals surface area contributed by atoms with Crippen LogP contribution in [0.2, 0.25) is 0 Å². The molecule has 3 aliphatic heterocycles. The van der Waals surface area contributed by atoms with Crippen molar-refractivity contribution in [2.24, 2.45) is 0 Å². The topological polar surface area (TPSA) is 113 Å². The van der Waals surface area contributed by atoms with Crippen molar-refractivity contribution < 1.29 is 52.5 Å². The van der Waals surface area contributed by atoms with E-state index in [1.165, 1.54) is 0 Å². The van der Waals surface area contributed by atoms with Gasteiger partial charge in [0, 0.05) is 36.1 Å². The van der Waals surface area contributed by atoms with Crippen LogP contribution in [0.4, 0.5) is 0 Å². The molecule has 0 amide bonds. The van der Waals surface area contributed by atoms with Crippen molar-refractivity contribution in [2.45, 2.75) is 35.9 Å². The quantitative estimate of drug-likeness (QED) is 0.284. The largest absolute Gasteiger partial charge is 0.497 e. The number of rotatable bonds is 7. The first-order chi connectivity index (χ1) is 23.7. The minimum atomic E-state index is -1.69. The summed E-state index contributed by atoms with van der Waals surface area (Å²) < 4.78 is 61.0. The number of benzene rings is 4. The van der Waals surface area contributed by atoms with Crippen molar-refractivity contribution in [3.63, 3.8) is 0 Å². The second kappa shape index (κ2) is 11.4. The van der Waals surface area contributed by atoms with Crippen molar-refractivity contribution in [1.82, 2.24) is 0 Å². The van der Waals surface area contributed by atoms with Crippen molar-refractivity contribution in [3.8, 4) is 57.1 Å². The summed E-state index contributed by atoms with van der Waals surface area (Å²) in [6.45, 7) is 0.00839. The molecular weight excluding hydrogens is 632 g/mol. The summed E-state index contributed by atoms with van der Waals surface area (Å²) in [6.07, 6.45) is -0.609. The number of aliphatic hydroxyl groups is 1. The van der Waals surface area contributed by atoms with E-state index in [2.05, 4.69) is 0 Å². The number of ether oxygens (including phenoxy) is 10. The van der Waals surface area contributed by atoms with Crippen LogP contribution in [0.1, 0.15) is 22.3 Å². The van der Waals surface area contributed by atoms with Crippen LogP contribution in [0, 0.1) is 0 Å². The molecular formula is C38H38O11. The van der Waals surface area contributed by atoms with Gasteiger partial charge < -0.3 is 52.5 Å². The van der Waals surface area contributed by atoms with Gasteiger partial charge in [-0.2, -0.15) is 0 Å². The van der Waals surface area contributed by atoms with Gasteiger partial charge in [-0.3, -0.25) is 0 Å². The van der Waals surface area contributed by atoms with Crippen molar-refractivity contribution in [3.05, 3.63) is 82.9 Å². The van der Waals surface area contributed by atoms with Gasteiger partial charge in [-0.25, -0.2) is 0 Å². The summed E-state index contributed by atoms with van der Waals surface area (Å²) in [5.41, 5.74) is 1.09. The molecule has 1 N–H and O–H groups in total. The third-order valence-corrected chi connectivity index (χ3v) is 10.3. The molecule has 8 rings (SSSR count). The molecule has 4 aliphatic rings. The lowest BCUT2D eigenvalue weighted by atomic mass is 9.76. The first kappa shape index (κ1) is 31.4. The van der Waals surface area contributed by atoms with Crippen LogP contribution in [0.3, 0.4) is 0 Å². The van der Waals surface area contributed by atoms with Crippen LogP contribution in [0.5, 0.6) is 46.0 Å². The first-order valence-electron chi connectivity index (χ1n) is 16.0. The van der Waals surface area contributed by atoms with E-state index in [-0.39, 0.29) is 19.6 Å². The molecule has 11 nitrogen and oxygen atoms in total. The van der Waals surface area contributed by atoms with Crippen LogP contribution in [-0.2, 0) is 27.9 Å². The van der Waals surface area contributed by atoms with Crippen molar-refractivity contribution >= 4 is 0 Å². The lowest BCUT2D eigenvalue weighted by molar-refractivity contribution is -0.218. The Morgan fingerprint density at radius 1 is 0.571 bits per heavy atom. The minimum Gasteiger partial charge on any atom is -0.497 e. The molecule has 11 heteroatoms. The van der Waals surface area contributed by atoms with Gasteiger partial charge in [0.15, 0.2) is 40.5 Å². The standard InChI is InChI=1S/C38H38O11/c1-40-23-7-9-25-26-15-33(44-5)31(42-3)11-21(26)17-36(39,19-46-29(25)13-23)35-48-37-18-22-12-32(43-4)34(45-6)16-28(22)38(37,49-35)27-10-8-24(41-2)14-30(27)47-20-37/h7-16,35,39H,17-20H2,1-6H3. The van der Waals surface area contributed by atoms with E-state index < -0.39 is 23.1 Å². The molecule has 256 valence electrons. The van der Waals surface area contributed by atoms with Gasteiger partial charge in [-0.1, -0.05) is 0 Å². The third-order valence-electron chi connectivity index (χ3n) is 10.3. The Hall–Kier alpha value is -4.84. The van der Waals surface area contributed by atoms with Crippen LogP contribution in [0.15, 0.2) is 60.7 Å². The first-order valence-corrected chi connectivity index (χ1v) is 16.0. The SMILES string of the molecule is COc1ccc2c(c1)OCC(O)(C1OC34COc5cc(OC)ccc5C3(O1)c1cc(OC)c(OC)cc1C4)Cc1cc(OC)c(OC)cc1-2. The Balaban J connectivity index is 1.29. The highest BCUT2D eigenvalue weighted by Gasteiger charge is 2.72. The van der Waals surface area contributed by atoms with Crippen LogP contribution in [0.25, 0.3) is 11.1 Å². The van der Waals surface area contributed by atoms with Gasteiger partial charge in [-0.05, 0) is 70.8 Å². The zero-order chi connectivity index (χ0) is 34.1. The highest BCUT2D eigenvalue weighted by molar-refractivity contribution is 5.77. The van der Waals surface area contributed by atoms with Gasteiger partial charge in [0.2, 0.25) is 0 Å². The van der Waals surface area contributed by atoms with Gasteiger partial charge in [0.05, 0.1) is 42.7 Å². The predicted molar refractivity (Wildman–Crippen MR) is 177 cm³/mol. The molecule has 0 bridgehead atoms. The van der Waals surface area contributed by atoms with Crippen LogP contribution >= 0.6 is 0 Å². The smallest absolute Gasteiger partial charge is 0.192 e. The van der Waals surface area contributed by atoms with E-state index >= 15 is 0 Å². The van der Waals surface area contributed by atoms with Gasteiger partial charge >= 0.3 is 0 Å². The zero-order valence-electron chi connectivity index (χ0n) is 28.2. The molecule has 0 saturated carbocycles. The van der Waals surface area contributed by atoms with E-state index in [0.29, 0.717) is 52.4 Å².